The van der Waals surface area contributed by atoms with Crippen LogP contribution in [-0.4, -0.2) is 29.8 Å². The highest BCUT2D eigenvalue weighted by atomic mass is 19.1. The van der Waals surface area contributed by atoms with Crippen molar-refractivity contribution in [2.75, 3.05) is 13.2 Å². The van der Waals surface area contributed by atoms with Crippen molar-refractivity contribution in [2.45, 2.75) is 18.9 Å². The van der Waals surface area contributed by atoms with Crippen molar-refractivity contribution in [1.82, 2.24) is 5.32 Å². The summed E-state index contributed by atoms with van der Waals surface area (Å²) >= 11 is 0. The van der Waals surface area contributed by atoms with E-state index in [0.717, 1.165) is 18.6 Å². The Labute approximate surface area is 98.4 Å². The number of amides is 1. The molecule has 0 bridgehead atoms. The molecule has 1 aromatic carbocycles. The zero-order valence-corrected chi connectivity index (χ0v) is 9.50. The van der Waals surface area contributed by atoms with Gasteiger partial charge in [-0.3, -0.25) is 4.79 Å². The molecule has 1 heterocycles. The lowest BCUT2D eigenvalue weighted by Gasteiger charge is -2.23. The molecule has 17 heavy (non-hydrogen) atoms. The molecule has 0 aromatic heterocycles. The molecule has 1 aliphatic heterocycles. The van der Waals surface area contributed by atoms with E-state index in [1.54, 1.807) is 0 Å². The van der Waals surface area contributed by atoms with Gasteiger partial charge in [0, 0.05) is 12.7 Å². The zero-order valence-electron chi connectivity index (χ0n) is 9.50. The molecule has 1 amide bonds. The summed E-state index contributed by atoms with van der Waals surface area (Å²) in [4.78, 5) is 11.9. The maximum Gasteiger partial charge on any atom is 0.255 e. The van der Waals surface area contributed by atoms with Crippen LogP contribution in [0.4, 0.5) is 4.39 Å². The molecule has 5 heteroatoms. The molecule has 4 nitrogen and oxygen atoms in total. The van der Waals surface area contributed by atoms with Gasteiger partial charge in [-0.05, 0) is 25.5 Å². The van der Waals surface area contributed by atoms with E-state index < -0.39 is 17.3 Å². The van der Waals surface area contributed by atoms with Gasteiger partial charge in [-0.2, -0.15) is 0 Å². The maximum absolute atomic E-state index is 12.8. The summed E-state index contributed by atoms with van der Waals surface area (Å²) in [7, 11) is 0. The molecule has 1 aliphatic rings. The van der Waals surface area contributed by atoms with Crippen LogP contribution in [-0.2, 0) is 4.74 Å². The van der Waals surface area contributed by atoms with Gasteiger partial charge in [0.1, 0.15) is 11.6 Å². The molecule has 0 spiro atoms. The number of carbonyl (C=O) groups is 1. The second kappa shape index (κ2) is 4.33. The summed E-state index contributed by atoms with van der Waals surface area (Å²) in [5, 5.41) is 12.3. The lowest BCUT2D eigenvalue weighted by Crippen LogP contribution is -2.46. The fourth-order valence-electron chi connectivity index (χ4n) is 1.80. The first kappa shape index (κ1) is 11.9. The van der Waals surface area contributed by atoms with E-state index in [2.05, 4.69) is 5.32 Å². The first-order valence-electron chi connectivity index (χ1n) is 5.39. The van der Waals surface area contributed by atoms with E-state index in [9.17, 15) is 14.3 Å². The van der Waals surface area contributed by atoms with Crippen LogP contribution in [0.2, 0.25) is 0 Å². The van der Waals surface area contributed by atoms with Gasteiger partial charge in [-0.15, -0.1) is 0 Å². The standard InChI is InChI=1S/C12H14FNO3/c1-12(4-5-17-7-12)14-11(16)9-3-2-8(13)6-10(9)15/h2-3,6,15H,4-5,7H2,1H3,(H,14,16). The van der Waals surface area contributed by atoms with Crippen LogP contribution in [0, 0.1) is 5.82 Å². The Hall–Kier alpha value is -1.62. The third-order valence-corrected chi connectivity index (χ3v) is 2.84. The minimum atomic E-state index is -0.575. The second-order valence-electron chi connectivity index (χ2n) is 4.48. The minimum absolute atomic E-state index is 0.0690. The Bertz CT molecular complexity index is 441. The third kappa shape index (κ3) is 2.55. The van der Waals surface area contributed by atoms with Crippen molar-refractivity contribution in [2.24, 2.45) is 0 Å². The van der Waals surface area contributed by atoms with E-state index in [0.29, 0.717) is 13.2 Å². The summed E-state index contributed by atoms with van der Waals surface area (Å²) in [5.41, 5.74) is -0.350. The number of hydrogen-bond acceptors (Lipinski definition) is 3. The van der Waals surface area contributed by atoms with Gasteiger partial charge in [-0.25, -0.2) is 4.39 Å². The number of aromatic hydroxyl groups is 1. The third-order valence-electron chi connectivity index (χ3n) is 2.84. The Morgan fingerprint density at radius 2 is 2.35 bits per heavy atom. The SMILES string of the molecule is CC1(NC(=O)c2ccc(F)cc2O)CCOC1. The Morgan fingerprint density at radius 1 is 1.59 bits per heavy atom. The average Bonchev–Trinajstić information content (AvgIpc) is 2.64. The van der Waals surface area contributed by atoms with E-state index >= 15 is 0 Å². The number of hydrogen-bond donors (Lipinski definition) is 2. The highest BCUT2D eigenvalue weighted by Gasteiger charge is 2.32. The van der Waals surface area contributed by atoms with Gasteiger partial charge >= 0.3 is 0 Å². The Balaban J connectivity index is 2.14. The Morgan fingerprint density at radius 3 is 2.94 bits per heavy atom. The molecule has 1 unspecified atom stereocenters. The van der Waals surface area contributed by atoms with Crippen LogP contribution in [0.25, 0.3) is 0 Å². The minimum Gasteiger partial charge on any atom is -0.507 e. The quantitative estimate of drug-likeness (QED) is 0.821. The van der Waals surface area contributed by atoms with Gasteiger partial charge < -0.3 is 15.2 Å². The average molecular weight is 239 g/mol. The molecule has 1 aromatic rings. The second-order valence-corrected chi connectivity index (χ2v) is 4.48. The highest BCUT2D eigenvalue weighted by molar-refractivity contribution is 5.97. The normalized spacial score (nSPS) is 23.6. The molecular weight excluding hydrogens is 225 g/mol. The summed E-state index contributed by atoms with van der Waals surface area (Å²) < 4.78 is 18.0. The van der Waals surface area contributed by atoms with E-state index in [-0.39, 0.29) is 11.3 Å². The van der Waals surface area contributed by atoms with Crippen molar-refractivity contribution >= 4 is 5.91 Å². The number of benzene rings is 1. The van der Waals surface area contributed by atoms with Gasteiger partial charge in [0.05, 0.1) is 17.7 Å². The van der Waals surface area contributed by atoms with E-state index in [1.807, 2.05) is 6.92 Å². The smallest absolute Gasteiger partial charge is 0.255 e. The summed E-state index contributed by atoms with van der Waals surface area (Å²) in [5.74, 6) is -1.35. The van der Waals surface area contributed by atoms with Crippen molar-refractivity contribution in [3.63, 3.8) is 0 Å². The molecule has 1 saturated heterocycles. The first-order chi connectivity index (χ1) is 8.00. The van der Waals surface area contributed by atoms with Crippen LogP contribution >= 0.6 is 0 Å². The van der Waals surface area contributed by atoms with Gasteiger partial charge in [0.25, 0.3) is 5.91 Å². The number of halogens is 1. The van der Waals surface area contributed by atoms with Crippen LogP contribution < -0.4 is 5.32 Å². The number of phenolic OH excluding ortho intramolecular Hbond substituents is 1. The molecular formula is C12H14FNO3. The molecule has 1 fully saturated rings. The monoisotopic (exact) mass is 239 g/mol. The van der Waals surface area contributed by atoms with Gasteiger partial charge in [-0.1, -0.05) is 0 Å². The largest absolute Gasteiger partial charge is 0.507 e. The zero-order chi connectivity index (χ0) is 12.5. The van der Waals surface area contributed by atoms with Crippen molar-refractivity contribution in [3.05, 3.63) is 29.6 Å². The lowest BCUT2D eigenvalue weighted by molar-refractivity contribution is 0.0887. The molecule has 92 valence electrons. The maximum atomic E-state index is 12.8. The van der Waals surface area contributed by atoms with E-state index in [4.69, 9.17) is 4.74 Å². The number of carbonyl (C=O) groups excluding carboxylic acids is 1. The van der Waals surface area contributed by atoms with Crippen molar-refractivity contribution in [1.29, 1.82) is 0 Å². The van der Waals surface area contributed by atoms with Crippen LogP contribution in [0.3, 0.4) is 0 Å². The molecule has 0 radical (unpaired) electrons. The van der Waals surface area contributed by atoms with Gasteiger partial charge in [0.2, 0.25) is 0 Å². The summed E-state index contributed by atoms with van der Waals surface area (Å²) in [6, 6.07) is 3.32. The Kier molecular flexibility index (Phi) is 3.02. The molecule has 2 N–H and O–H groups in total. The van der Waals surface area contributed by atoms with Crippen molar-refractivity contribution in [3.8, 4) is 5.75 Å². The highest BCUT2D eigenvalue weighted by Crippen LogP contribution is 2.22. The predicted octanol–water partition coefficient (Wildman–Crippen LogP) is 1.44. The summed E-state index contributed by atoms with van der Waals surface area (Å²) in [6.07, 6.45) is 0.723. The number of rotatable bonds is 2. The first-order valence-corrected chi connectivity index (χ1v) is 5.39. The number of ether oxygens (including phenoxy) is 1. The fourth-order valence-corrected chi connectivity index (χ4v) is 1.80. The molecule has 0 aliphatic carbocycles. The van der Waals surface area contributed by atoms with E-state index in [1.165, 1.54) is 6.07 Å². The van der Waals surface area contributed by atoms with Gasteiger partial charge in [0.15, 0.2) is 0 Å². The van der Waals surface area contributed by atoms with Crippen molar-refractivity contribution < 1.29 is 19.0 Å². The molecule has 2 rings (SSSR count). The number of phenols is 1. The molecule has 1 atom stereocenters. The van der Waals surface area contributed by atoms with Crippen LogP contribution in [0.15, 0.2) is 18.2 Å². The fraction of sp³-hybridized carbons (Fsp3) is 0.417. The predicted molar refractivity (Wildman–Crippen MR) is 59.4 cm³/mol. The summed E-state index contributed by atoms with van der Waals surface area (Å²) in [6.45, 7) is 2.92. The van der Waals surface area contributed by atoms with Crippen LogP contribution in [0.5, 0.6) is 5.75 Å². The molecule has 0 saturated carbocycles. The topological polar surface area (TPSA) is 58.6 Å². The number of nitrogens with one attached hydrogen (secondary N) is 1. The lowest BCUT2D eigenvalue weighted by atomic mass is 10.0. The van der Waals surface area contributed by atoms with Crippen LogP contribution in [0.1, 0.15) is 23.7 Å².